The number of halogens is 2. The van der Waals surface area contributed by atoms with E-state index in [0.29, 0.717) is 5.92 Å². The molecule has 4 atom stereocenters. The fourth-order valence-corrected chi connectivity index (χ4v) is 5.01. The van der Waals surface area contributed by atoms with Crippen molar-refractivity contribution in [3.8, 4) is 0 Å². The molecule has 2 nitrogen and oxygen atoms in total. The van der Waals surface area contributed by atoms with E-state index >= 15 is 0 Å². The van der Waals surface area contributed by atoms with Gasteiger partial charge in [0.1, 0.15) is 9.34 Å². The number of alkyl halides is 2. The topological polar surface area (TPSA) is 40.5 Å². The second-order valence-corrected chi connectivity index (χ2v) is 10.7. The van der Waals surface area contributed by atoms with E-state index in [-0.39, 0.29) is 12.0 Å². The number of allylic oxidation sites excluding steroid dienone is 4. The molecule has 0 radical (unpaired) electrons. The Labute approximate surface area is 143 Å². The molecule has 0 aromatic rings. The van der Waals surface area contributed by atoms with Crippen LogP contribution in [-0.4, -0.2) is 25.7 Å². The Morgan fingerprint density at radius 2 is 1.86 bits per heavy atom. The Morgan fingerprint density at radius 1 is 1.14 bits per heavy atom. The van der Waals surface area contributed by atoms with Gasteiger partial charge in [-0.3, -0.25) is 0 Å². The van der Waals surface area contributed by atoms with E-state index in [1.54, 1.807) is 0 Å². The van der Waals surface area contributed by atoms with Crippen LogP contribution in [0.5, 0.6) is 0 Å². The van der Waals surface area contributed by atoms with Crippen molar-refractivity contribution in [2.45, 2.75) is 55.0 Å². The van der Waals surface area contributed by atoms with Gasteiger partial charge in [0, 0.05) is 12.3 Å². The minimum Gasteiger partial charge on any atom is -0.392 e. The van der Waals surface area contributed by atoms with Crippen LogP contribution in [0.15, 0.2) is 34.4 Å². The van der Waals surface area contributed by atoms with Crippen LogP contribution in [0.4, 0.5) is 0 Å². The third kappa shape index (κ3) is 2.85. The predicted octanol–water partition coefficient (Wildman–Crippen LogP) is 4.22. The quantitative estimate of drug-likeness (QED) is 0.627. The molecule has 0 fully saturated rings. The summed E-state index contributed by atoms with van der Waals surface area (Å²) < 4.78 is -0.395. The van der Waals surface area contributed by atoms with Crippen LogP contribution in [-0.2, 0) is 0 Å². The Hall–Kier alpha value is 0.1000. The van der Waals surface area contributed by atoms with Gasteiger partial charge in [-0.2, -0.15) is 0 Å². The molecule has 4 unspecified atom stereocenters. The highest BCUT2D eigenvalue weighted by atomic mass is 79.9. The Morgan fingerprint density at radius 3 is 2.52 bits per heavy atom. The third-order valence-electron chi connectivity index (χ3n) is 5.12. The van der Waals surface area contributed by atoms with E-state index in [4.69, 9.17) is 0 Å². The molecular weight excluding hydrogens is 396 g/mol. The molecule has 0 amide bonds. The molecule has 3 aliphatic carbocycles. The zero-order valence-corrected chi connectivity index (χ0v) is 15.6. The minimum absolute atomic E-state index is 0.223. The molecule has 0 heterocycles. The van der Waals surface area contributed by atoms with Crippen molar-refractivity contribution in [1.29, 1.82) is 0 Å². The van der Waals surface area contributed by atoms with Gasteiger partial charge in [0.25, 0.3) is 0 Å². The molecule has 2 N–H and O–H groups in total. The van der Waals surface area contributed by atoms with Crippen LogP contribution in [0.2, 0.25) is 0 Å². The van der Waals surface area contributed by atoms with E-state index in [1.165, 1.54) is 22.3 Å². The van der Waals surface area contributed by atoms with Crippen molar-refractivity contribution in [1.82, 2.24) is 0 Å². The van der Waals surface area contributed by atoms with Gasteiger partial charge in [0.05, 0.1) is 6.10 Å². The van der Waals surface area contributed by atoms with Gasteiger partial charge in [-0.15, -0.1) is 0 Å². The highest BCUT2D eigenvalue weighted by Crippen LogP contribution is 2.51. The number of aliphatic hydroxyl groups is 2. The molecule has 0 saturated heterocycles. The number of hydrogen-bond donors (Lipinski definition) is 2. The summed E-state index contributed by atoms with van der Waals surface area (Å²) in [7, 11) is 0. The Bertz CT molecular complexity index is 545. The standard InChI is InChI=1S/C17H22Br2O2/c1-9-5-12(6-10(2)15(9)20)11-3-4-14-13(7-11)8-17(18,19)16(14)21/h5,7,9-10,15-16,20-21H,3-4,6,8H2,1-2H3. The molecule has 116 valence electrons. The molecule has 0 bridgehead atoms. The maximum Gasteiger partial charge on any atom is 0.114 e. The normalized spacial score (nSPS) is 39.0. The van der Waals surface area contributed by atoms with E-state index in [0.717, 1.165) is 25.7 Å². The van der Waals surface area contributed by atoms with Crippen LogP contribution in [0.25, 0.3) is 0 Å². The first-order chi connectivity index (χ1) is 9.79. The first-order valence-electron chi connectivity index (χ1n) is 7.67. The van der Waals surface area contributed by atoms with Crippen molar-refractivity contribution in [2.75, 3.05) is 0 Å². The molecule has 3 aliphatic rings. The van der Waals surface area contributed by atoms with Crippen molar-refractivity contribution < 1.29 is 10.2 Å². The minimum atomic E-state index is -0.440. The SMILES string of the molecule is CC1C=C(C2=CC3=C(CC2)C(O)C(Br)(Br)C3)CC(C)C1O. The molecule has 0 spiro atoms. The lowest BCUT2D eigenvalue weighted by Crippen LogP contribution is -2.29. The van der Waals surface area contributed by atoms with Crippen molar-refractivity contribution in [3.63, 3.8) is 0 Å². The van der Waals surface area contributed by atoms with Crippen LogP contribution < -0.4 is 0 Å². The molecular formula is C17H22Br2O2. The van der Waals surface area contributed by atoms with Crippen molar-refractivity contribution in [3.05, 3.63) is 34.4 Å². The van der Waals surface area contributed by atoms with Gasteiger partial charge in [-0.25, -0.2) is 0 Å². The van der Waals surface area contributed by atoms with Gasteiger partial charge in [0.2, 0.25) is 0 Å². The predicted molar refractivity (Wildman–Crippen MR) is 92.6 cm³/mol. The number of hydrogen-bond acceptors (Lipinski definition) is 2. The number of aliphatic hydroxyl groups excluding tert-OH is 2. The summed E-state index contributed by atoms with van der Waals surface area (Å²) in [6.07, 6.45) is 7.55. The molecule has 0 aromatic heterocycles. The monoisotopic (exact) mass is 416 g/mol. The fourth-order valence-electron chi connectivity index (χ4n) is 3.85. The smallest absolute Gasteiger partial charge is 0.114 e. The van der Waals surface area contributed by atoms with Crippen LogP contribution in [0.3, 0.4) is 0 Å². The van der Waals surface area contributed by atoms with Gasteiger partial charge < -0.3 is 10.2 Å². The molecule has 0 saturated carbocycles. The summed E-state index contributed by atoms with van der Waals surface area (Å²) in [5.41, 5.74) is 5.22. The molecule has 3 rings (SSSR count). The summed E-state index contributed by atoms with van der Waals surface area (Å²) in [6.45, 7) is 4.22. The van der Waals surface area contributed by atoms with Crippen LogP contribution >= 0.6 is 31.9 Å². The maximum atomic E-state index is 10.3. The van der Waals surface area contributed by atoms with Crippen LogP contribution in [0, 0.1) is 11.8 Å². The summed E-state index contributed by atoms with van der Waals surface area (Å²) in [6, 6.07) is 0. The zero-order valence-electron chi connectivity index (χ0n) is 12.4. The lowest BCUT2D eigenvalue weighted by Gasteiger charge is -2.31. The zero-order chi connectivity index (χ0) is 15.4. The van der Waals surface area contributed by atoms with Gasteiger partial charge in [0.15, 0.2) is 0 Å². The largest absolute Gasteiger partial charge is 0.392 e. The first-order valence-corrected chi connectivity index (χ1v) is 9.25. The van der Waals surface area contributed by atoms with Crippen LogP contribution in [0.1, 0.15) is 39.5 Å². The van der Waals surface area contributed by atoms with Crippen molar-refractivity contribution >= 4 is 31.9 Å². The average molecular weight is 418 g/mol. The summed E-state index contributed by atoms with van der Waals surface area (Å²) in [4.78, 5) is 0. The van der Waals surface area contributed by atoms with Gasteiger partial charge in [-0.1, -0.05) is 57.9 Å². The van der Waals surface area contributed by atoms with E-state index in [2.05, 4.69) is 57.9 Å². The Balaban J connectivity index is 1.88. The second kappa shape index (κ2) is 5.63. The Kier molecular flexibility index (Phi) is 4.28. The van der Waals surface area contributed by atoms with E-state index in [9.17, 15) is 10.2 Å². The second-order valence-electron chi connectivity index (χ2n) is 6.78. The maximum absolute atomic E-state index is 10.3. The fraction of sp³-hybridized carbons (Fsp3) is 0.647. The number of rotatable bonds is 1. The third-order valence-corrected chi connectivity index (χ3v) is 6.55. The molecule has 21 heavy (non-hydrogen) atoms. The van der Waals surface area contributed by atoms with E-state index in [1.807, 2.05) is 0 Å². The summed E-state index contributed by atoms with van der Waals surface area (Å²) in [5.74, 6) is 0.539. The molecule has 4 heteroatoms. The first kappa shape index (κ1) is 16.0. The lowest BCUT2D eigenvalue weighted by atomic mass is 9.77. The average Bonchev–Trinajstić information content (AvgIpc) is 2.65. The van der Waals surface area contributed by atoms with Gasteiger partial charge in [-0.05, 0) is 47.5 Å². The summed E-state index contributed by atoms with van der Waals surface area (Å²) >= 11 is 7.18. The van der Waals surface area contributed by atoms with Gasteiger partial charge >= 0.3 is 0 Å². The highest BCUT2D eigenvalue weighted by Gasteiger charge is 2.43. The van der Waals surface area contributed by atoms with Crippen molar-refractivity contribution in [2.24, 2.45) is 11.8 Å². The summed E-state index contributed by atoms with van der Waals surface area (Å²) in [5, 5.41) is 20.4. The lowest BCUT2D eigenvalue weighted by molar-refractivity contribution is 0.0758. The molecule has 0 aromatic carbocycles. The molecule has 0 aliphatic heterocycles. The highest BCUT2D eigenvalue weighted by molar-refractivity contribution is 9.25. The van der Waals surface area contributed by atoms with E-state index < -0.39 is 9.34 Å².